The van der Waals surface area contributed by atoms with E-state index in [-0.39, 0.29) is 36.5 Å². The lowest BCUT2D eigenvalue weighted by Crippen LogP contribution is -2.46. The molecule has 4 fully saturated rings. The number of likely N-dealkylation sites (tertiary alicyclic amines) is 1. The van der Waals surface area contributed by atoms with E-state index in [1.54, 1.807) is 13.8 Å². The van der Waals surface area contributed by atoms with Gasteiger partial charge in [-0.2, -0.15) is 0 Å². The van der Waals surface area contributed by atoms with Crippen molar-refractivity contribution in [3.8, 4) is 5.75 Å². The monoisotopic (exact) mass is 526 g/mol. The molecule has 5 unspecified atom stereocenters. The van der Waals surface area contributed by atoms with E-state index in [0.717, 1.165) is 70.2 Å². The molecule has 7 heteroatoms. The molecule has 3 N–H and O–H groups in total. The van der Waals surface area contributed by atoms with Crippen LogP contribution in [0.3, 0.4) is 0 Å². The lowest BCUT2D eigenvalue weighted by molar-refractivity contribution is -0.143. The van der Waals surface area contributed by atoms with Crippen LogP contribution in [-0.4, -0.2) is 65.9 Å². The van der Waals surface area contributed by atoms with E-state index in [1.807, 2.05) is 29.2 Å². The highest BCUT2D eigenvalue weighted by atomic mass is 16.5. The lowest BCUT2D eigenvalue weighted by atomic mass is 9.70. The Morgan fingerprint density at radius 1 is 1.11 bits per heavy atom. The second kappa shape index (κ2) is 11.2. The Bertz CT molecular complexity index is 1000. The summed E-state index contributed by atoms with van der Waals surface area (Å²) in [6, 6.07) is 7.70. The Morgan fingerprint density at radius 2 is 1.89 bits per heavy atom. The molecule has 1 aliphatic heterocycles. The summed E-state index contributed by atoms with van der Waals surface area (Å²) in [6.07, 6.45) is 9.59. The number of hydrogen-bond donors (Lipinski definition) is 3. The van der Waals surface area contributed by atoms with Gasteiger partial charge in [0.25, 0.3) is 5.91 Å². The van der Waals surface area contributed by atoms with Gasteiger partial charge in [0.1, 0.15) is 5.75 Å². The fraction of sp³-hybridized carbons (Fsp3) is 0.742. The van der Waals surface area contributed by atoms with Crippen LogP contribution in [-0.2, 0) is 4.79 Å². The van der Waals surface area contributed by atoms with Crippen LogP contribution in [0.1, 0.15) is 82.0 Å². The summed E-state index contributed by atoms with van der Waals surface area (Å²) in [6.45, 7) is 5.78. The molecule has 7 nitrogen and oxygen atoms in total. The van der Waals surface area contributed by atoms with Crippen LogP contribution in [0.25, 0.3) is 0 Å². The van der Waals surface area contributed by atoms with Gasteiger partial charge in [-0.15, -0.1) is 0 Å². The van der Waals surface area contributed by atoms with Crippen molar-refractivity contribution in [1.82, 2.24) is 10.2 Å². The van der Waals surface area contributed by atoms with Crippen LogP contribution in [0.2, 0.25) is 0 Å². The van der Waals surface area contributed by atoms with Crippen molar-refractivity contribution in [3.05, 3.63) is 29.8 Å². The molecule has 4 aliphatic rings. The zero-order valence-electron chi connectivity index (χ0n) is 23.2. The van der Waals surface area contributed by atoms with Gasteiger partial charge in [0, 0.05) is 31.3 Å². The number of aliphatic hydroxyl groups is 2. The number of carbonyl (C=O) groups excluding carboxylic acids is 2. The number of carbonyl (C=O) groups is 2. The first-order valence-corrected chi connectivity index (χ1v) is 14.8. The predicted molar refractivity (Wildman–Crippen MR) is 146 cm³/mol. The SMILES string of the molecule is CC(C)(CO)C(=O)N1CCC(CCOc2cccc(C(=O)NC3CCC4CC5CC(CO)(C4)CC53)c2)CC1. The van der Waals surface area contributed by atoms with E-state index in [9.17, 15) is 19.8 Å². The maximum Gasteiger partial charge on any atom is 0.251 e. The topological polar surface area (TPSA) is 99.1 Å². The third-order valence-corrected chi connectivity index (χ3v) is 10.1. The van der Waals surface area contributed by atoms with Gasteiger partial charge in [-0.05, 0) is 119 Å². The number of amides is 2. The Kier molecular flexibility index (Phi) is 8.07. The Balaban J connectivity index is 1.10. The van der Waals surface area contributed by atoms with E-state index in [4.69, 9.17) is 4.74 Å². The number of rotatable bonds is 9. The van der Waals surface area contributed by atoms with Crippen molar-refractivity contribution >= 4 is 11.8 Å². The fourth-order valence-electron chi connectivity index (χ4n) is 7.94. The summed E-state index contributed by atoms with van der Waals surface area (Å²) in [5.41, 5.74) is 0.0172. The number of hydrogen-bond acceptors (Lipinski definition) is 5. The van der Waals surface area contributed by atoms with Crippen LogP contribution < -0.4 is 10.1 Å². The summed E-state index contributed by atoms with van der Waals surface area (Å²) < 4.78 is 6.05. The fourth-order valence-corrected chi connectivity index (χ4v) is 7.94. The highest BCUT2D eigenvalue weighted by Crippen LogP contribution is 2.59. The summed E-state index contributed by atoms with van der Waals surface area (Å²) in [4.78, 5) is 27.7. The molecule has 1 heterocycles. The van der Waals surface area contributed by atoms with Gasteiger partial charge in [-0.1, -0.05) is 6.07 Å². The Hall–Kier alpha value is -2.12. The summed E-state index contributed by atoms with van der Waals surface area (Å²) in [5.74, 6) is 3.04. The van der Waals surface area contributed by atoms with Crippen molar-refractivity contribution in [3.63, 3.8) is 0 Å². The third kappa shape index (κ3) is 5.74. The molecule has 1 aromatic carbocycles. The zero-order valence-corrected chi connectivity index (χ0v) is 23.2. The second-order valence-electron chi connectivity index (χ2n) is 13.4. The molecule has 3 aliphatic carbocycles. The molecule has 0 radical (unpaired) electrons. The van der Waals surface area contributed by atoms with Gasteiger partial charge in [-0.3, -0.25) is 9.59 Å². The maximum atomic E-state index is 13.2. The van der Waals surface area contributed by atoms with E-state index in [1.165, 1.54) is 6.42 Å². The number of nitrogens with zero attached hydrogens (tertiary/aromatic N) is 1. The van der Waals surface area contributed by atoms with E-state index in [0.29, 0.717) is 35.8 Å². The Morgan fingerprint density at radius 3 is 2.63 bits per heavy atom. The standard InChI is InChI=1S/C31H46N2O5/c1-30(2,19-34)29(37)33-11-8-21(9-12-33)10-13-38-25-5-3-4-23(15-25)28(36)32-27-7-6-22-14-24-17-31(16-22,20-35)18-26(24)27/h3-5,15,21-22,24,26-27,34-35H,6-14,16-20H2,1-2H3,(H,32,36). The minimum absolute atomic E-state index is 0.0254. The molecule has 38 heavy (non-hydrogen) atoms. The first-order chi connectivity index (χ1) is 18.2. The van der Waals surface area contributed by atoms with Crippen molar-refractivity contribution in [1.29, 1.82) is 0 Å². The van der Waals surface area contributed by atoms with Gasteiger partial charge >= 0.3 is 0 Å². The molecule has 1 saturated heterocycles. The van der Waals surface area contributed by atoms with Crippen LogP contribution in [0.5, 0.6) is 5.75 Å². The van der Waals surface area contributed by atoms with Crippen molar-refractivity contribution in [2.75, 3.05) is 32.9 Å². The van der Waals surface area contributed by atoms with Gasteiger partial charge in [0.2, 0.25) is 5.91 Å². The average Bonchev–Trinajstić information content (AvgIpc) is 3.14. The van der Waals surface area contributed by atoms with Gasteiger partial charge in [0.15, 0.2) is 0 Å². The maximum absolute atomic E-state index is 13.2. The van der Waals surface area contributed by atoms with Crippen molar-refractivity contribution in [2.24, 2.45) is 34.5 Å². The summed E-state index contributed by atoms with van der Waals surface area (Å²) >= 11 is 0. The van der Waals surface area contributed by atoms with Crippen molar-refractivity contribution < 1.29 is 24.5 Å². The van der Waals surface area contributed by atoms with Gasteiger partial charge in [0.05, 0.1) is 18.6 Å². The molecule has 0 aromatic heterocycles. The molecule has 3 bridgehead atoms. The molecule has 210 valence electrons. The number of piperidine rings is 1. The summed E-state index contributed by atoms with van der Waals surface area (Å²) in [5, 5.41) is 23.0. The molecular formula is C31H46N2O5. The predicted octanol–water partition coefficient (Wildman–Crippen LogP) is 4.02. The van der Waals surface area contributed by atoms with Gasteiger partial charge in [-0.25, -0.2) is 0 Å². The first kappa shape index (κ1) is 27.4. The van der Waals surface area contributed by atoms with Crippen molar-refractivity contribution in [2.45, 2.75) is 77.7 Å². The van der Waals surface area contributed by atoms with E-state index < -0.39 is 5.41 Å². The first-order valence-electron chi connectivity index (χ1n) is 14.8. The molecular weight excluding hydrogens is 480 g/mol. The van der Waals surface area contributed by atoms with Crippen LogP contribution in [0, 0.1) is 34.5 Å². The minimum atomic E-state index is -0.718. The molecule has 5 atom stereocenters. The number of benzene rings is 1. The second-order valence-corrected chi connectivity index (χ2v) is 13.4. The largest absolute Gasteiger partial charge is 0.494 e. The van der Waals surface area contributed by atoms with Crippen LogP contribution in [0.15, 0.2) is 24.3 Å². The number of fused-ring (bicyclic) bond motifs is 2. The van der Waals surface area contributed by atoms with E-state index >= 15 is 0 Å². The number of aliphatic hydroxyl groups excluding tert-OH is 2. The van der Waals surface area contributed by atoms with E-state index in [2.05, 4.69) is 5.32 Å². The number of nitrogens with one attached hydrogen (secondary N) is 1. The van der Waals surface area contributed by atoms with Crippen LogP contribution in [0.4, 0.5) is 0 Å². The normalized spacial score (nSPS) is 31.2. The smallest absolute Gasteiger partial charge is 0.251 e. The highest BCUT2D eigenvalue weighted by molar-refractivity contribution is 5.94. The average molecular weight is 527 g/mol. The Labute approximate surface area is 227 Å². The molecule has 5 rings (SSSR count). The molecule has 1 aromatic rings. The minimum Gasteiger partial charge on any atom is -0.494 e. The zero-order chi connectivity index (χ0) is 26.9. The summed E-state index contributed by atoms with van der Waals surface area (Å²) in [7, 11) is 0. The highest BCUT2D eigenvalue weighted by Gasteiger charge is 2.54. The quantitative estimate of drug-likeness (QED) is 0.451. The third-order valence-electron chi connectivity index (χ3n) is 10.1. The number of ether oxygens (including phenoxy) is 1. The molecule has 0 spiro atoms. The van der Waals surface area contributed by atoms with Crippen LogP contribution >= 0.6 is 0 Å². The lowest BCUT2D eigenvalue weighted by Gasteiger charge is -2.36. The molecule has 2 amide bonds. The van der Waals surface area contributed by atoms with Gasteiger partial charge < -0.3 is 25.2 Å². The molecule has 3 saturated carbocycles.